The molecule has 5 nitrogen and oxygen atoms in total. The van der Waals surface area contributed by atoms with Crippen molar-refractivity contribution in [2.24, 2.45) is 0 Å². The molecule has 6 heteroatoms. The summed E-state index contributed by atoms with van der Waals surface area (Å²) in [6.07, 6.45) is 0. The Labute approximate surface area is 101 Å². The van der Waals surface area contributed by atoms with Crippen LogP contribution in [0.4, 0.5) is 5.82 Å². The highest BCUT2D eigenvalue weighted by atomic mass is 79.9. The molecule has 2 heterocycles. The first-order valence-electron chi connectivity index (χ1n) is 4.83. The molecule has 0 aliphatic rings. The number of nitrogens with zero attached hydrogens (tertiary/aromatic N) is 1. The minimum absolute atomic E-state index is 0.647. The zero-order valence-corrected chi connectivity index (χ0v) is 10.4. The smallest absolute Gasteiger partial charge is 0.169 e. The number of methoxy groups -OCH3 is 1. The van der Waals surface area contributed by atoms with Crippen LogP contribution in [-0.4, -0.2) is 30.5 Å². The van der Waals surface area contributed by atoms with Crippen LogP contribution >= 0.6 is 15.9 Å². The van der Waals surface area contributed by atoms with E-state index in [1.54, 1.807) is 7.11 Å². The van der Waals surface area contributed by atoms with E-state index in [2.05, 4.69) is 31.4 Å². The molecule has 16 heavy (non-hydrogen) atoms. The van der Waals surface area contributed by atoms with Gasteiger partial charge in [0.2, 0.25) is 0 Å². The van der Waals surface area contributed by atoms with E-state index in [-0.39, 0.29) is 0 Å². The molecule has 86 valence electrons. The van der Waals surface area contributed by atoms with E-state index < -0.39 is 0 Å². The van der Waals surface area contributed by atoms with Crippen LogP contribution in [0.2, 0.25) is 0 Å². The van der Waals surface area contributed by atoms with E-state index in [1.165, 1.54) is 0 Å². The summed E-state index contributed by atoms with van der Waals surface area (Å²) in [5.41, 5.74) is 0.839. The Kier molecular flexibility index (Phi) is 3.63. The highest BCUT2D eigenvalue weighted by molar-refractivity contribution is 9.10. The van der Waals surface area contributed by atoms with Crippen molar-refractivity contribution < 1.29 is 9.15 Å². The van der Waals surface area contributed by atoms with Crippen molar-refractivity contribution in [3.05, 3.63) is 22.9 Å². The molecule has 0 fully saturated rings. The number of aromatic nitrogens is 2. The minimum atomic E-state index is 0.647. The zero-order valence-electron chi connectivity index (χ0n) is 8.79. The lowest BCUT2D eigenvalue weighted by molar-refractivity contribution is 0.210. The average Bonchev–Trinajstić information content (AvgIpc) is 2.87. The molecule has 0 aromatic carbocycles. The van der Waals surface area contributed by atoms with Gasteiger partial charge in [-0.1, -0.05) is 0 Å². The van der Waals surface area contributed by atoms with Crippen molar-refractivity contribution >= 4 is 21.7 Å². The first kappa shape index (κ1) is 11.2. The van der Waals surface area contributed by atoms with Crippen LogP contribution in [0.25, 0.3) is 11.5 Å². The topological polar surface area (TPSA) is 63.1 Å². The van der Waals surface area contributed by atoms with E-state index in [0.717, 1.165) is 23.8 Å². The van der Waals surface area contributed by atoms with Gasteiger partial charge < -0.3 is 14.5 Å². The van der Waals surface area contributed by atoms with Crippen LogP contribution in [-0.2, 0) is 4.74 Å². The summed E-state index contributed by atoms with van der Waals surface area (Å²) in [4.78, 5) is 0. The van der Waals surface area contributed by atoms with E-state index in [4.69, 9.17) is 9.15 Å². The number of anilines is 1. The van der Waals surface area contributed by atoms with Crippen molar-refractivity contribution in [3.8, 4) is 11.5 Å². The fraction of sp³-hybridized carbons (Fsp3) is 0.300. The SMILES string of the molecule is COCCNc1cc(-c2ccc(Br)o2)[nH]n1. The lowest BCUT2D eigenvalue weighted by atomic mass is 10.3. The van der Waals surface area contributed by atoms with Gasteiger partial charge in [-0.25, -0.2) is 0 Å². The zero-order chi connectivity index (χ0) is 11.4. The number of ether oxygens (including phenoxy) is 1. The molecule has 0 spiro atoms. The number of H-pyrrole nitrogens is 1. The molecule has 0 radical (unpaired) electrons. The van der Waals surface area contributed by atoms with Gasteiger partial charge in [0, 0.05) is 19.7 Å². The van der Waals surface area contributed by atoms with Crippen molar-refractivity contribution in [2.75, 3.05) is 25.6 Å². The van der Waals surface area contributed by atoms with E-state index in [9.17, 15) is 0 Å². The number of hydrogen-bond donors (Lipinski definition) is 2. The molecule has 2 N–H and O–H groups in total. The molecule has 0 bridgehead atoms. The van der Waals surface area contributed by atoms with Gasteiger partial charge in [0.1, 0.15) is 11.5 Å². The molecule has 0 unspecified atom stereocenters. The van der Waals surface area contributed by atoms with Crippen LogP contribution in [0.1, 0.15) is 0 Å². The summed E-state index contributed by atoms with van der Waals surface area (Å²) in [6.45, 7) is 1.37. The van der Waals surface area contributed by atoms with Gasteiger partial charge in [-0.05, 0) is 28.1 Å². The van der Waals surface area contributed by atoms with Gasteiger partial charge in [-0.15, -0.1) is 0 Å². The van der Waals surface area contributed by atoms with Crippen LogP contribution in [0.15, 0.2) is 27.3 Å². The maximum Gasteiger partial charge on any atom is 0.169 e. The number of hydrogen-bond acceptors (Lipinski definition) is 4. The fourth-order valence-corrected chi connectivity index (χ4v) is 1.59. The fourth-order valence-electron chi connectivity index (χ4n) is 1.28. The summed E-state index contributed by atoms with van der Waals surface area (Å²) >= 11 is 3.25. The molecular weight excluding hydrogens is 274 g/mol. The Morgan fingerprint density at radius 1 is 1.56 bits per heavy atom. The van der Waals surface area contributed by atoms with Gasteiger partial charge in [0.15, 0.2) is 10.4 Å². The van der Waals surface area contributed by atoms with Crippen LogP contribution in [0, 0.1) is 0 Å². The molecule has 2 aromatic rings. The van der Waals surface area contributed by atoms with Crippen molar-refractivity contribution in [3.63, 3.8) is 0 Å². The molecule has 0 saturated carbocycles. The van der Waals surface area contributed by atoms with Crippen LogP contribution < -0.4 is 5.32 Å². The second kappa shape index (κ2) is 5.18. The molecule has 2 rings (SSSR count). The lowest BCUT2D eigenvalue weighted by Crippen LogP contribution is -2.07. The van der Waals surface area contributed by atoms with E-state index >= 15 is 0 Å². The molecule has 0 saturated heterocycles. The Bertz CT molecular complexity index is 452. The number of rotatable bonds is 5. The van der Waals surface area contributed by atoms with Crippen molar-refractivity contribution in [2.45, 2.75) is 0 Å². The number of halogens is 1. The van der Waals surface area contributed by atoms with E-state index in [1.807, 2.05) is 18.2 Å². The van der Waals surface area contributed by atoms with Gasteiger partial charge in [0.25, 0.3) is 0 Å². The Morgan fingerprint density at radius 3 is 3.12 bits per heavy atom. The Hall–Kier alpha value is -1.27. The van der Waals surface area contributed by atoms with Gasteiger partial charge in [-0.3, -0.25) is 5.10 Å². The molecule has 2 aromatic heterocycles. The summed E-state index contributed by atoms with van der Waals surface area (Å²) < 4.78 is 11.0. The van der Waals surface area contributed by atoms with Crippen molar-refractivity contribution in [1.29, 1.82) is 0 Å². The third-order valence-corrected chi connectivity index (χ3v) is 2.46. The molecule has 0 aliphatic heterocycles. The first-order valence-corrected chi connectivity index (χ1v) is 5.63. The third-order valence-electron chi connectivity index (χ3n) is 2.03. The maximum atomic E-state index is 5.40. The Morgan fingerprint density at radius 2 is 2.44 bits per heavy atom. The third kappa shape index (κ3) is 2.65. The number of furan rings is 1. The normalized spacial score (nSPS) is 10.6. The summed E-state index contributed by atoms with van der Waals surface area (Å²) in [6, 6.07) is 5.60. The highest BCUT2D eigenvalue weighted by Crippen LogP contribution is 2.24. The van der Waals surface area contributed by atoms with Crippen LogP contribution in [0.5, 0.6) is 0 Å². The summed E-state index contributed by atoms with van der Waals surface area (Å²) in [5.74, 6) is 1.53. The minimum Gasteiger partial charge on any atom is -0.448 e. The predicted molar refractivity (Wildman–Crippen MR) is 64.4 cm³/mol. The molecule has 0 atom stereocenters. The molecular formula is C10H12BrN3O2. The number of nitrogens with one attached hydrogen (secondary N) is 2. The first-order chi connectivity index (χ1) is 7.79. The Balaban J connectivity index is 2.02. The van der Waals surface area contributed by atoms with E-state index in [0.29, 0.717) is 11.3 Å². The monoisotopic (exact) mass is 285 g/mol. The summed E-state index contributed by atoms with van der Waals surface area (Å²) in [7, 11) is 1.66. The van der Waals surface area contributed by atoms with Crippen molar-refractivity contribution in [1.82, 2.24) is 10.2 Å². The standard InChI is InChI=1S/C10H12BrN3O2/c1-15-5-4-12-10-6-7(13-14-10)8-2-3-9(11)16-8/h2-3,6H,4-5H2,1H3,(H2,12,13,14). The largest absolute Gasteiger partial charge is 0.448 e. The summed E-state index contributed by atoms with van der Waals surface area (Å²) in [5, 5.41) is 10.1. The quantitative estimate of drug-likeness (QED) is 0.829. The second-order valence-electron chi connectivity index (χ2n) is 3.19. The molecule has 0 aliphatic carbocycles. The number of aromatic amines is 1. The van der Waals surface area contributed by atoms with Gasteiger partial charge in [-0.2, -0.15) is 5.10 Å². The average molecular weight is 286 g/mol. The van der Waals surface area contributed by atoms with Crippen LogP contribution in [0.3, 0.4) is 0 Å². The second-order valence-corrected chi connectivity index (χ2v) is 3.97. The molecule has 0 amide bonds. The lowest BCUT2D eigenvalue weighted by Gasteiger charge is -1.99. The maximum absolute atomic E-state index is 5.40. The predicted octanol–water partition coefficient (Wildman–Crippen LogP) is 2.49. The van der Waals surface area contributed by atoms with Gasteiger partial charge >= 0.3 is 0 Å². The van der Waals surface area contributed by atoms with Gasteiger partial charge in [0.05, 0.1) is 6.61 Å². The highest BCUT2D eigenvalue weighted by Gasteiger charge is 2.06.